The first kappa shape index (κ1) is 14.7. The van der Waals surface area contributed by atoms with E-state index in [0.29, 0.717) is 13.2 Å². The summed E-state index contributed by atoms with van der Waals surface area (Å²) in [7, 11) is 3.51. The highest BCUT2D eigenvalue weighted by molar-refractivity contribution is 5.78. The maximum atomic E-state index is 11.5. The molecule has 2 N–H and O–H groups in total. The van der Waals surface area contributed by atoms with Crippen LogP contribution in [0.4, 0.5) is 0 Å². The molecule has 1 atom stereocenters. The highest BCUT2D eigenvalue weighted by Gasteiger charge is 2.06. The molecule has 1 aromatic heterocycles. The lowest BCUT2D eigenvalue weighted by atomic mass is 10.3. The van der Waals surface area contributed by atoms with E-state index in [1.807, 2.05) is 26.2 Å². The molecular formula is C12H22N4O2. The van der Waals surface area contributed by atoms with E-state index in [4.69, 9.17) is 4.74 Å². The fraction of sp³-hybridized carbons (Fsp3) is 0.667. The zero-order valence-corrected chi connectivity index (χ0v) is 11.3. The van der Waals surface area contributed by atoms with Gasteiger partial charge in [0.1, 0.15) is 0 Å². The van der Waals surface area contributed by atoms with Gasteiger partial charge in [0.2, 0.25) is 5.91 Å². The Morgan fingerprint density at radius 1 is 1.61 bits per heavy atom. The lowest BCUT2D eigenvalue weighted by Crippen LogP contribution is -2.41. The third-order valence-electron chi connectivity index (χ3n) is 2.44. The summed E-state index contributed by atoms with van der Waals surface area (Å²) >= 11 is 0. The third kappa shape index (κ3) is 5.79. The Kier molecular flexibility index (Phi) is 6.38. The van der Waals surface area contributed by atoms with Gasteiger partial charge in [-0.15, -0.1) is 0 Å². The maximum Gasteiger partial charge on any atom is 0.234 e. The summed E-state index contributed by atoms with van der Waals surface area (Å²) in [6, 6.07) is 2.02. The first-order valence-electron chi connectivity index (χ1n) is 6.09. The van der Waals surface area contributed by atoms with E-state index in [2.05, 4.69) is 15.7 Å². The second kappa shape index (κ2) is 7.84. The number of ether oxygens (including phenoxy) is 1. The zero-order valence-electron chi connectivity index (χ0n) is 11.3. The molecule has 1 heterocycles. The van der Waals surface area contributed by atoms with Crippen molar-refractivity contribution < 1.29 is 9.53 Å². The SMILES string of the molecule is COCC(C)NC(=O)CNCCc1ccn(C)n1. The molecule has 6 nitrogen and oxygen atoms in total. The number of hydrogen-bond acceptors (Lipinski definition) is 4. The Labute approximate surface area is 108 Å². The Morgan fingerprint density at radius 3 is 3.00 bits per heavy atom. The van der Waals surface area contributed by atoms with Crippen molar-refractivity contribution in [1.29, 1.82) is 0 Å². The van der Waals surface area contributed by atoms with Crippen LogP contribution in [0.1, 0.15) is 12.6 Å². The van der Waals surface area contributed by atoms with E-state index >= 15 is 0 Å². The number of methoxy groups -OCH3 is 1. The molecule has 0 aliphatic carbocycles. The van der Waals surface area contributed by atoms with Gasteiger partial charge >= 0.3 is 0 Å². The molecule has 0 bridgehead atoms. The molecule has 6 heteroatoms. The smallest absolute Gasteiger partial charge is 0.234 e. The van der Waals surface area contributed by atoms with Crippen LogP contribution in [0.3, 0.4) is 0 Å². The van der Waals surface area contributed by atoms with Gasteiger partial charge in [0.15, 0.2) is 0 Å². The number of carbonyl (C=O) groups is 1. The van der Waals surface area contributed by atoms with Crippen molar-refractivity contribution in [3.8, 4) is 0 Å². The van der Waals surface area contributed by atoms with Crippen molar-refractivity contribution in [2.45, 2.75) is 19.4 Å². The van der Waals surface area contributed by atoms with Crippen molar-refractivity contribution in [1.82, 2.24) is 20.4 Å². The minimum absolute atomic E-state index is 0.0134. The molecule has 0 aromatic carbocycles. The summed E-state index contributed by atoms with van der Waals surface area (Å²) in [5, 5.41) is 10.2. The van der Waals surface area contributed by atoms with Gasteiger partial charge in [0.25, 0.3) is 0 Å². The number of nitrogens with one attached hydrogen (secondary N) is 2. The number of aromatic nitrogens is 2. The molecule has 0 fully saturated rings. The average Bonchev–Trinajstić information content (AvgIpc) is 2.71. The molecule has 1 aromatic rings. The van der Waals surface area contributed by atoms with E-state index < -0.39 is 0 Å². The number of rotatable bonds is 8. The summed E-state index contributed by atoms with van der Waals surface area (Å²) in [6.45, 7) is 3.50. The summed E-state index contributed by atoms with van der Waals surface area (Å²) < 4.78 is 6.72. The normalized spacial score (nSPS) is 12.4. The number of carbonyl (C=O) groups excluding carboxylic acids is 1. The molecule has 102 valence electrons. The van der Waals surface area contributed by atoms with Crippen LogP contribution in [0.5, 0.6) is 0 Å². The molecule has 1 unspecified atom stereocenters. The molecular weight excluding hydrogens is 232 g/mol. The number of hydrogen-bond donors (Lipinski definition) is 2. The molecule has 0 saturated heterocycles. The van der Waals surface area contributed by atoms with E-state index in [9.17, 15) is 4.79 Å². The third-order valence-corrected chi connectivity index (χ3v) is 2.44. The van der Waals surface area contributed by atoms with Gasteiger partial charge in [-0.2, -0.15) is 5.10 Å². The van der Waals surface area contributed by atoms with Crippen LogP contribution < -0.4 is 10.6 Å². The fourth-order valence-electron chi connectivity index (χ4n) is 1.63. The van der Waals surface area contributed by atoms with Crippen LogP contribution in [-0.4, -0.2) is 48.5 Å². The van der Waals surface area contributed by atoms with E-state index in [1.165, 1.54) is 0 Å². The van der Waals surface area contributed by atoms with E-state index in [0.717, 1.165) is 18.7 Å². The van der Waals surface area contributed by atoms with Gasteiger partial charge in [-0.25, -0.2) is 0 Å². The van der Waals surface area contributed by atoms with Crippen molar-refractivity contribution in [3.05, 3.63) is 18.0 Å². The standard InChI is InChI=1S/C12H22N4O2/c1-10(9-18-3)14-12(17)8-13-6-4-11-5-7-16(2)15-11/h5,7,10,13H,4,6,8-9H2,1-3H3,(H,14,17). The van der Waals surface area contributed by atoms with Crippen LogP contribution in [0, 0.1) is 0 Å². The summed E-state index contributed by atoms with van der Waals surface area (Å²) in [6.07, 6.45) is 2.73. The summed E-state index contributed by atoms with van der Waals surface area (Å²) in [5.74, 6) is -0.0134. The van der Waals surface area contributed by atoms with Crippen molar-refractivity contribution in [3.63, 3.8) is 0 Å². The second-order valence-electron chi connectivity index (χ2n) is 4.33. The van der Waals surface area contributed by atoms with Crippen LogP contribution in [0.15, 0.2) is 12.3 Å². The first-order chi connectivity index (χ1) is 8.61. The van der Waals surface area contributed by atoms with Crippen LogP contribution >= 0.6 is 0 Å². The second-order valence-corrected chi connectivity index (χ2v) is 4.33. The average molecular weight is 254 g/mol. The lowest BCUT2D eigenvalue weighted by molar-refractivity contribution is -0.121. The predicted octanol–water partition coefficient (Wildman–Crippen LogP) is -0.297. The van der Waals surface area contributed by atoms with Crippen LogP contribution in [0.2, 0.25) is 0 Å². The largest absolute Gasteiger partial charge is 0.383 e. The monoisotopic (exact) mass is 254 g/mol. The van der Waals surface area contributed by atoms with Crippen LogP contribution in [0.25, 0.3) is 0 Å². The summed E-state index contributed by atoms with van der Waals surface area (Å²) in [4.78, 5) is 11.5. The van der Waals surface area contributed by atoms with Gasteiger partial charge in [-0.3, -0.25) is 9.48 Å². The number of nitrogens with zero attached hydrogens (tertiary/aromatic N) is 2. The topological polar surface area (TPSA) is 68.2 Å². The fourth-order valence-corrected chi connectivity index (χ4v) is 1.63. The van der Waals surface area contributed by atoms with Crippen molar-refractivity contribution in [2.75, 3.05) is 26.8 Å². The number of aryl methyl sites for hydroxylation is 1. The molecule has 0 aliphatic heterocycles. The van der Waals surface area contributed by atoms with Gasteiger partial charge in [-0.05, 0) is 13.0 Å². The molecule has 1 rings (SSSR count). The summed E-state index contributed by atoms with van der Waals surface area (Å²) in [5.41, 5.74) is 1.03. The van der Waals surface area contributed by atoms with Gasteiger partial charge in [0, 0.05) is 39.4 Å². The molecule has 1 amide bonds. The van der Waals surface area contributed by atoms with Gasteiger partial charge in [-0.1, -0.05) is 0 Å². The molecule has 0 saturated carbocycles. The Morgan fingerprint density at radius 2 is 2.39 bits per heavy atom. The Bertz CT molecular complexity index is 365. The Balaban J connectivity index is 2.08. The quantitative estimate of drug-likeness (QED) is 0.625. The minimum Gasteiger partial charge on any atom is -0.383 e. The maximum absolute atomic E-state index is 11.5. The molecule has 0 radical (unpaired) electrons. The zero-order chi connectivity index (χ0) is 13.4. The molecule has 18 heavy (non-hydrogen) atoms. The van der Waals surface area contributed by atoms with Crippen molar-refractivity contribution in [2.24, 2.45) is 7.05 Å². The van der Waals surface area contributed by atoms with Gasteiger partial charge in [0.05, 0.1) is 18.8 Å². The minimum atomic E-state index is -0.0134. The van der Waals surface area contributed by atoms with Crippen molar-refractivity contribution >= 4 is 5.91 Å². The lowest BCUT2D eigenvalue weighted by Gasteiger charge is -2.12. The highest BCUT2D eigenvalue weighted by atomic mass is 16.5. The van der Waals surface area contributed by atoms with E-state index in [-0.39, 0.29) is 11.9 Å². The predicted molar refractivity (Wildman–Crippen MR) is 69.3 cm³/mol. The first-order valence-corrected chi connectivity index (χ1v) is 6.09. The number of amides is 1. The molecule has 0 spiro atoms. The highest BCUT2D eigenvalue weighted by Crippen LogP contribution is 1.93. The Hall–Kier alpha value is -1.40. The molecule has 0 aliphatic rings. The van der Waals surface area contributed by atoms with E-state index in [1.54, 1.807) is 11.8 Å². The van der Waals surface area contributed by atoms with Gasteiger partial charge < -0.3 is 15.4 Å². The van der Waals surface area contributed by atoms with Crippen LogP contribution in [-0.2, 0) is 23.0 Å².